The molecule has 1 atom stereocenters. The maximum Gasteiger partial charge on any atom is 0.267 e. The van der Waals surface area contributed by atoms with Gasteiger partial charge in [0.1, 0.15) is 18.0 Å². The summed E-state index contributed by atoms with van der Waals surface area (Å²) >= 11 is 3.42. The second-order valence-electron chi connectivity index (χ2n) is 8.73. The molecule has 5 rings (SSSR count). The molecule has 192 valence electrons. The van der Waals surface area contributed by atoms with E-state index in [1.54, 1.807) is 20.3 Å². The third kappa shape index (κ3) is 5.38. The van der Waals surface area contributed by atoms with Crippen LogP contribution in [0.3, 0.4) is 0 Å². The minimum absolute atomic E-state index is 0.241. The lowest BCUT2D eigenvalue weighted by Crippen LogP contribution is -2.34. The van der Waals surface area contributed by atoms with Crippen LogP contribution in [0.15, 0.2) is 99.3 Å². The first-order valence-corrected chi connectivity index (χ1v) is 12.8. The quantitative estimate of drug-likeness (QED) is 0.308. The third-order valence-corrected chi connectivity index (χ3v) is 6.91. The van der Waals surface area contributed by atoms with Gasteiger partial charge >= 0.3 is 0 Å². The molecule has 1 unspecified atom stereocenters. The fourth-order valence-corrected chi connectivity index (χ4v) is 4.59. The molecular weight excluding hydrogens is 548 g/mol. The van der Waals surface area contributed by atoms with Crippen molar-refractivity contribution in [2.24, 2.45) is 5.10 Å². The van der Waals surface area contributed by atoms with E-state index in [4.69, 9.17) is 14.6 Å². The lowest BCUT2D eigenvalue weighted by molar-refractivity contribution is -0.133. The van der Waals surface area contributed by atoms with Crippen LogP contribution in [0.25, 0.3) is 11.3 Å². The minimum Gasteiger partial charge on any atom is -0.497 e. The molecule has 0 fully saturated rings. The van der Waals surface area contributed by atoms with Gasteiger partial charge in [-0.2, -0.15) is 10.2 Å². The lowest BCUT2D eigenvalue weighted by atomic mass is 9.98. The predicted octanol–water partition coefficient (Wildman–Crippen LogP) is 5.07. The number of ether oxygens (including phenoxy) is 2. The summed E-state index contributed by atoms with van der Waals surface area (Å²) in [5.41, 5.74) is 3.65. The summed E-state index contributed by atoms with van der Waals surface area (Å²) in [5.74, 6) is 1.13. The highest BCUT2D eigenvalue weighted by Gasteiger charge is 2.33. The van der Waals surface area contributed by atoms with E-state index in [0.29, 0.717) is 12.1 Å². The van der Waals surface area contributed by atoms with Gasteiger partial charge in [-0.3, -0.25) is 9.59 Å². The van der Waals surface area contributed by atoms with Crippen molar-refractivity contribution < 1.29 is 14.3 Å². The summed E-state index contributed by atoms with van der Waals surface area (Å²) in [4.78, 5) is 26.2. The first-order valence-electron chi connectivity index (χ1n) is 12.0. The van der Waals surface area contributed by atoms with Crippen LogP contribution in [0, 0.1) is 0 Å². The van der Waals surface area contributed by atoms with Crippen LogP contribution < -0.4 is 15.0 Å². The molecule has 3 aromatic carbocycles. The van der Waals surface area contributed by atoms with Crippen molar-refractivity contribution in [3.8, 4) is 22.8 Å². The van der Waals surface area contributed by atoms with Gasteiger partial charge in [-0.25, -0.2) is 9.69 Å². The lowest BCUT2D eigenvalue weighted by Gasteiger charge is -2.22. The molecule has 9 heteroatoms. The minimum atomic E-state index is -0.362. The van der Waals surface area contributed by atoms with Gasteiger partial charge in [0.15, 0.2) is 0 Å². The predicted molar refractivity (Wildman–Crippen MR) is 148 cm³/mol. The van der Waals surface area contributed by atoms with Gasteiger partial charge in [0.25, 0.3) is 11.5 Å². The van der Waals surface area contributed by atoms with Crippen LogP contribution in [-0.2, 0) is 11.3 Å². The number of amides is 1. The summed E-state index contributed by atoms with van der Waals surface area (Å²) in [5, 5.41) is 10.6. The fraction of sp³-hybridized carbons (Fsp3) is 0.172. The van der Waals surface area contributed by atoms with E-state index in [2.05, 4.69) is 21.0 Å². The molecular formula is C29H25BrN4O4. The Morgan fingerprint density at radius 1 is 0.868 bits per heavy atom. The van der Waals surface area contributed by atoms with Crippen molar-refractivity contribution in [2.45, 2.75) is 19.0 Å². The average Bonchev–Trinajstić information content (AvgIpc) is 3.40. The van der Waals surface area contributed by atoms with Crippen LogP contribution >= 0.6 is 15.9 Å². The number of carbonyl (C=O) groups is 1. The van der Waals surface area contributed by atoms with E-state index in [-0.39, 0.29) is 24.1 Å². The Bertz CT molecular complexity index is 1530. The van der Waals surface area contributed by atoms with Crippen molar-refractivity contribution in [3.63, 3.8) is 0 Å². The van der Waals surface area contributed by atoms with Crippen molar-refractivity contribution in [1.82, 2.24) is 14.8 Å². The van der Waals surface area contributed by atoms with E-state index >= 15 is 0 Å². The molecule has 1 aromatic heterocycles. The molecule has 1 amide bonds. The average molecular weight is 573 g/mol. The number of aromatic nitrogens is 2. The summed E-state index contributed by atoms with van der Waals surface area (Å²) in [6, 6.07) is 25.5. The van der Waals surface area contributed by atoms with Gasteiger partial charge in [0, 0.05) is 22.5 Å². The summed E-state index contributed by atoms with van der Waals surface area (Å²) in [6.45, 7) is -0.241. The molecule has 2 heterocycles. The van der Waals surface area contributed by atoms with Crippen molar-refractivity contribution in [2.75, 3.05) is 14.2 Å². The SMILES string of the molecule is COc1ccc(C2=NN(C(=O)Cn3nc(-c4ccc(Br)cc4)ccc3=O)C(c3ccc(OC)cc3)C2)cc1. The largest absolute Gasteiger partial charge is 0.497 e. The van der Waals surface area contributed by atoms with Crippen molar-refractivity contribution >= 4 is 27.5 Å². The van der Waals surface area contributed by atoms with Crippen molar-refractivity contribution in [3.05, 3.63) is 111 Å². The van der Waals surface area contributed by atoms with E-state index < -0.39 is 0 Å². The Morgan fingerprint density at radius 3 is 2.11 bits per heavy atom. The topological polar surface area (TPSA) is 86.0 Å². The third-order valence-electron chi connectivity index (χ3n) is 6.38. The van der Waals surface area contributed by atoms with Crippen LogP contribution in [0.1, 0.15) is 23.6 Å². The highest BCUT2D eigenvalue weighted by Crippen LogP contribution is 2.34. The van der Waals surface area contributed by atoms with Gasteiger partial charge in [0.05, 0.1) is 31.7 Å². The van der Waals surface area contributed by atoms with Crippen LogP contribution in [0.2, 0.25) is 0 Å². The number of nitrogens with zero attached hydrogens (tertiary/aromatic N) is 4. The van der Waals surface area contributed by atoms with Gasteiger partial charge in [-0.05, 0) is 65.7 Å². The first kappa shape index (κ1) is 25.4. The number of hydrogen-bond acceptors (Lipinski definition) is 6. The first-order chi connectivity index (χ1) is 18.4. The van der Waals surface area contributed by atoms with Gasteiger partial charge in [0.2, 0.25) is 0 Å². The van der Waals surface area contributed by atoms with Gasteiger partial charge in [-0.15, -0.1) is 0 Å². The Morgan fingerprint density at radius 2 is 1.47 bits per heavy atom. The Kier molecular flexibility index (Phi) is 7.37. The van der Waals surface area contributed by atoms with Crippen molar-refractivity contribution in [1.29, 1.82) is 0 Å². The highest BCUT2D eigenvalue weighted by atomic mass is 79.9. The van der Waals surface area contributed by atoms with E-state index in [1.807, 2.05) is 72.8 Å². The van der Waals surface area contributed by atoms with E-state index in [9.17, 15) is 9.59 Å². The van der Waals surface area contributed by atoms with Gasteiger partial charge in [-0.1, -0.05) is 40.2 Å². The zero-order valence-electron chi connectivity index (χ0n) is 20.9. The molecule has 0 spiro atoms. The Balaban J connectivity index is 1.46. The second kappa shape index (κ2) is 11.0. The maximum absolute atomic E-state index is 13.6. The maximum atomic E-state index is 13.6. The smallest absolute Gasteiger partial charge is 0.267 e. The zero-order valence-corrected chi connectivity index (χ0v) is 22.5. The molecule has 0 saturated heterocycles. The number of halogens is 1. The zero-order chi connectivity index (χ0) is 26.6. The molecule has 1 aliphatic heterocycles. The standard InChI is InChI=1S/C29H25BrN4O4/c1-37-23-11-5-20(6-12-23)26-17-27(21-7-13-24(38-2)14-8-21)34(32-26)29(36)18-33-28(35)16-15-25(31-33)19-3-9-22(30)10-4-19/h3-16,27H,17-18H2,1-2H3. The molecule has 0 saturated carbocycles. The number of hydrazone groups is 1. The monoisotopic (exact) mass is 572 g/mol. The number of methoxy groups -OCH3 is 2. The summed E-state index contributed by atoms with van der Waals surface area (Å²) in [6.07, 6.45) is 0.520. The van der Waals surface area contributed by atoms with Crippen LogP contribution in [0.4, 0.5) is 0 Å². The highest BCUT2D eigenvalue weighted by molar-refractivity contribution is 9.10. The molecule has 0 radical (unpaired) electrons. The van der Waals surface area contributed by atoms with Gasteiger partial charge < -0.3 is 9.47 Å². The molecule has 0 aliphatic carbocycles. The Hall–Kier alpha value is -4.24. The fourth-order valence-electron chi connectivity index (χ4n) is 4.32. The normalized spacial score (nSPS) is 14.8. The van der Waals surface area contributed by atoms with E-state index in [1.165, 1.54) is 15.8 Å². The number of benzene rings is 3. The summed E-state index contributed by atoms with van der Waals surface area (Å²) in [7, 11) is 3.22. The molecule has 0 bridgehead atoms. The number of hydrogen-bond donors (Lipinski definition) is 0. The molecule has 1 aliphatic rings. The molecule has 38 heavy (non-hydrogen) atoms. The number of carbonyl (C=O) groups excluding carboxylic acids is 1. The second-order valence-corrected chi connectivity index (χ2v) is 9.64. The van der Waals surface area contributed by atoms with E-state index in [0.717, 1.165) is 38.4 Å². The summed E-state index contributed by atoms with van der Waals surface area (Å²) < 4.78 is 12.7. The molecule has 0 N–H and O–H groups in total. The van der Waals surface area contributed by atoms with Crippen LogP contribution in [0.5, 0.6) is 11.5 Å². The molecule has 4 aromatic rings. The van der Waals surface area contributed by atoms with Crippen LogP contribution in [-0.4, -0.2) is 40.6 Å². The Labute approximate surface area is 228 Å². The molecule has 8 nitrogen and oxygen atoms in total. The number of rotatable bonds is 7.